The van der Waals surface area contributed by atoms with Gasteiger partial charge in [-0.1, -0.05) is 35.9 Å². The fourth-order valence-corrected chi connectivity index (χ4v) is 1.95. The number of aliphatic carboxylic acids is 1. The lowest BCUT2D eigenvalue weighted by molar-refractivity contribution is -0.192. The molecular weight excluding hydrogens is 359 g/mol. The lowest BCUT2D eigenvalue weighted by atomic mass is 10.2. The standard InChI is InChI=1S/C15H16ClNO.C2HF3O2/c1-18-15-7-5-12(6-8-15)10-17-11-13-3-2-4-14(16)9-13;3-2(4,5)1(6)7/h2-9,17H,10-11H2,1H3;(H,6,7). The zero-order valence-electron chi connectivity index (χ0n) is 13.3. The lowest BCUT2D eigenvalue weighted by Crippen LogP contribution is -2.21. The van der Waals surface area contributed by atoms with Crippen LogP contribution in [-0.4, -0.2) is 24.4 Å². The molecule has 0 heterocycles. The molecule has 4 nitrogen and oxygen atoms in total. The Labute approximate surface area is 148 Å². The average Bonchev–Trinajstić information content (AvgIpc) is 2.55. The molecule has 136 valence electrons. The minimum atomic E-state index is -5.08. The molecule has 0 saturated carbocycles. The number of carboxylic acids is 1. The second-order valence-corrected chi connectivity index (χ2v) is 5.32. The van der Waals surface area contributed by atoms with Crippen molar-refractivity contribution < 1.29 is 27.8 Å². The van der Waals surface area contributed by atoms with E-state index in [-0.39, 0.29) is 0 Å². The number of carbonyl (C=O) groups is 1. The molecule has 0 aliphatic rings. The molecule has 0 saturated heterocycles. The van der Waals surface area contributed by atoms with Gasteiger partial charge >= 0.3 is 12.1 Å². The van der Waals surface area contributed by atoms with Crippen molar-refractivity contribution in [3.05, 3.63) is 64.7 Å². The number of carboxylic acid groups (broad SMARTS) is 1. The van der Waals surface area contributed by atoms with E-state index >= 15 is 0 Å². The van der Waals surface area contributed by atoms with E-state index in [2.05, 4.69) is 23.5 Å². The number of benzene rings is 2. The molecule has 0 fully saturated rings. The molecule has 25 heavy (non-hydrogen) atoms. The van der Waals surface area contributed by atoms with Gasteiger partial charge in [0.2, 0.25) is 0 Å². The molecule has 8 heteroatoms. The van der Waals surface area contributed by atoms with Gasteiger partial charge in [0.15, 0.2) is 0 Å². The summed E-state index contributed by atoms with van der Waals surface area (Å²) in [5.74, 6) is -1.87. The van der Waals surface area contributed by atoms with Crippen molar-refractivity contribution in [1.29, 1.82) is 0 Å². The summed E-state index contributed by atoms with van der Waals surface area (Å²) in [5.41, 5.74) is 2.42. The van der Waals surface area contributed by atoms with Crippen molar-refractivity contribution in [2.75, 3.05) is 7.11 Å². The van der Waals surface area contributed by atoms with Crippen LogP contribution in [0.3, 0.4) is 0 Å². The Morgan fingerprint density at radius 1 is 1.12 bits per heavy atom. The highest BCUT2D eigenvalue weighted by Gasteiger charge is 2.38. The maximum Gasteiger partial charge on any atom is 0.490 e. The lowest BCUT2D eigenvalue weighted by Gasteiger charge is -2.06. The number of halogens is 4. The number of nitrogens with one attached hydrogen (secondary N) is 1. The zero-order valence-corrected chi connectivity index (χ0v) is 14.1. The van der Waals surface area contributed by atoms with E-state index in [0.29, 0.717) is 0 Å². The Bertz CT molecular complexity index is 676. The Balaban J connectivity index is 0.000000381. The van der Waals surface area contributed by atoms with E-state index in [4.69, 9.17) is 26.2 Å². The number of hydrogen-bond donors (Lipinski definition) is 2. The normalized spacial score (nSPS) is 10.6. The predicted molar refractivity (Wildman–Crippen MR) is 88.7 cm³/mol. The van der Waals surface area contributed by atoms with Crippen molar-refractivity contribution in [2.45, 2.75) is 19.3 Å². The molecule has 0 aromatic heterocycles. The third-order valence-corrected chi connectivity index (χ3v) is 3.18. The van der Waals surface area contributed by atoms with Gasteiger partial charge < -0.3 is 15.2 Å². The molecule has 0 aliphatic carbocycles. The maximum absolute atomic E-state index is 10.6. The number of alkyl halides is 3. The van der Waals surface area contributed by atoms with Gasteiger partial charge in [-0.3, -0.25) is 0 Å². The van der Waals surface area contributed by atoms with Crippen molar-refractivity contribution in [2.24, 2.45) is 0 Å². The van der Waals surface area contributed by atoms with Crippen molar-refractivity contribution in [1.82, 2.24) is 5.32 Å². The summed E-state index contributed by atoms with van der Waals surface area (Å²) in [6.45, 7) is 1.64. The average molecular weight is 376 g/mol. The van der Waals surface area contributed by atoms with Crippen LogP contribution in [0.4, 0.5) is 13.2 Å². The van der Waals surface area contributed by atoms with E-state index in [0.717, 1.165) is 23.9 Å². The predicted octanol–water partition coefficient (Wildman–Crippen LogP) is 4.27. The summed E-state index contributed by atoms with van der Waals surface area (Å²) in [4.78, 5) is 8.90. The van der Waals surface area contributed by atoms with E-state index in [9.17, 15) is 13.2 Å². The second-order valence-electron chi connectivity index (χ2n) is 4.88. The SMILES string of the molecule is COc1ccc(CNCc2cccc(Cl)c2)cc1.O=C(O)C(F)(F)F. The first-order valence-electron chi connectivity index (χ1n) is 7.10. The first kappa shape index (κ1) is 20.8. The molecule has 0 bridgehead atoms. The number of methoxy groups -OCH3 is 1. The van der Waals surface area contributed by atoms with Crippen LogP contribution in [0.5, 0.6) is 5.75 Å². The van der Waals surface area contributed by atoms with Crippen LogP contribution >= 0.6 is 11.6 Å². The highest BCUT2D eigenvalue weighted by Crippen LogP contribution is 2.13. The van der Waals surface area contributed by atoms with Crippen LogP contribution in [-0.2, 0) is 17.9 Å². The molecule has 0 aliphatic heterocycles. The van der Waals surface area contributed by atoms with Crippen LogP contribution in [0.25, 0.3) is 0 Å². The molecule has 0 atom stereocenters. The highest BCUT2D eigenvalue weighted by molar-refractivity contribution is 6.30. The zero-order chi connectivity index (χ0) is 18.9. The maximum atomic E-state index is 10.6. The summed E-state index contributed by atoms with van der Waals surface area (Å²) in [6.07, 6.45) is -5.08. The van der Waals surface area contributed by atoms with Crippen molar-refractivity contribution >= 4 is 17.6 Å². The van der Waals surface area contributed by atoms with E-state index in [1.807, 2.05) is 30.3 Å². The molecule has 2 aromatic rings. The van der Waals surface area contributed by atoms with E-state index in [1.165, 1.54) is 11.1 Å². The quantitative estimate of drug-likeness (QED) is 0.819. The number of hydrogen-bond acceptors (Lipinski definition) is 3. The Morgan fingerprint density at radius 2 is 1.68 bits per heavy atom. The van der Waals surface area contributed by atoms with Crippen LogP contribution in [0.2, 0.25) is 5.02 Å². The molecule has 2 N–H and O–H groups in total. The minimum absolute atomic E-state index is 0.777. The Hall–Kier alpha value is -2.25. The molecule has 0 radical (unpaired) electrons. The van der Waals surface area contributed by atoms with Crippen molar-refractivity contribution in [3.8, 4) is 5.75 Å². The monoisotopic (exact) mass is 375 g/mol. The molecule has 2 rings (SSSR count). The number of rotatable bonds is 5. The molecule has 2 aromatic carbocycles. The van der Waals surface area contributed by atoms with Gasteiger partial charge in [0.25, 0.3) is 0 Å². The van der Waals surface area contributed by atoms with Gasteiger partial charge in [0.1, 0.15) is 5.75 Å². The Kier molecular flexibility index (Phi) is 8.24. The largest absolute Gasteiger partial charge is 0.497 e. The summed E-state index contributed by atoms with van der Waals surface area (Å²) < 4.78 is 36.9. The van der Waals surface area contributed by atoms with Crippen LogP contribution in [0, 0.1) is 0 Å². The summed E-state index contributed by atoms with van der Waals surface area (Å²) >= 11 is 5.93. The summed E-state index contributed by atoms with van der Waals surface area (Å²) in [5, 5.41) is 11.3. The van der Waals surface area contributed by atoms with Crippen molar-refractivity contribution in [3.63, 3.8) is 0 Å². The fourth-order valence-electron chi connectivity index (χ4n) is 1.74. The van der Waals surface area contributed by atoms with Gasteiger partial charge in [0, 0.05) is 18.1 Å². The Morgan fingerprint density at radius 3 is 2.16 bits per heavy atom. The van der Waals surface area contributed by atoms with Gasteiger partial charge in [-0.15, -0.1) is 0 Å². The van der Waals surface area contributed by atoms with Crippen LogP contribution < -0.4 is 10.1 Å². The minimum Gasteiger partial charge on any atom is -0.497 e. The summed E-state index contributed by atoms with van der Waals surface area (Å²) in [7, 11) is 1.67. The third-order valence-electron chi connectivity index (χ3n) is 2.95. The molecule has 0 unspecified atom stereocenters. The first-order valence-corrected chi connectivity index (χ1v) is 7.48. The highest BCUT2D eigenvalue weighted by atomic mass is 35.5. The van der Waals surface area contributed by atoms with Gasteiger partial charge in [-0.2, -0.15) is 13.2 Å². The smallest absolute Gasteiger partial charge is 0.490 e. The first-order chi connectivity index (χ1) is 11.7. The van der Waals surface area contributed by atoms with E-state index < -0.39 is 12.1 Å². The van der Waals surface area contributed by atoms with Crippen LogP contribution in [0.1, 0.15) is 11.1 Å². The summed E-state index contributed by atoms with van der Waals surface area (Å²) in [6, 6.07) is 15.9. The van der Waals surface area contributed by atoms with Gasteiger partial charge in [0.05, 0.1) is 7.11 Å². The second kappa shape index (κ2) is 9.90. The molecule has 0 spiro atoms. The molecule has 0 amide bonds. The van der Waals surface area contributed by atoms with Crippen LogP contribution in [0.15, 0.2) is 48.5 Å². The topological polar surface area (TPSA) is 58.6 Å². The molecular formula is C17H17ClF3NO3. The third kappa shape index (κ3) is 8.42. The number of ether oxygens (including phenoxy) is 1. The van der Waals surface area contributed by atoms with E-state index in [1.54, 1.807) is 7.11 Å². The van der Waals surface area contributed by atoms with Gasteiger partial charge in [-0.25, -0.2) is 4.79 Å². The fraction of sp³-hybridized carbons (Fsp3) is 0.235. The van der Waals surface area contributed by atoms with Gasteiger partial charge in [-0.05, 0) is 35.4 Å².